The third-order valence-electron chi connectivity index (χ3n) is 4.58. The summed E-state index contributed by atoms with van der Waals surface area (Å²) in [5.74, 6) is 1.12. The Labute approximate surface area is 164 Å². The molecule has 2 unspecified atom stereocenters. The summed E-state index contributed by atoms with van der Waals surface area (Å²) in [6.45, 7) is 14.3. The molecule has 0 aliphatic carbocycles. The lowest BCUT2D eigenvalue weighted by atomic mass is 9.95. The van der Waals surface area contributed by atoms with Gasteiger partial charge in [-0.25, -0.2) is 0 Å². The summed E-state index contributed by atoms with van der Waals surface area (Å²) in [4.78, 5) is 20.7. The number of carbonyl (C=O) groups excluding carboxylic acids is 1. The molecule has 142 valence electrons. The number of hydrogen-bond acceptors (Lipinski definition) is 3. The highest BCUT2D eigenvalue weighted by molar-refractivity contribution is 14.0. The largest absolute Gasteiger partial charge is 0.370 e. The van der Waals surface area contributed by atoms with Crippen molar-refractivity contribution in [1.29, 1.82) is 0 Å². The Bertz CT molecular complexity index is 387. The number of nitrogens with one attached hydrogen (secondary N) is 1. The molecule has 0 saturated carbocycles. The van der Waals surface area contributed by atoms with Crippen LogP contribution in [0, 0.1) is 5.92 Å². The van der Waals surface area contributed by atoms with Crippen LogP contribution in [0.4, 0.5) is 0 Å². The molecule has 7 heteroatoms. The summed E-state index contributed by atoms with van der Waals surface area (Å²) in [5.41, 5.74) is 5.36. The van der Waals surface area contributed by atoms with Gasteiger partial charge in [-0.15, -0.1) is 24.0 Å². The van der Waals surface area contributed by atoms with E-state index in [4.69, 9.17) is 10.7 Å². The molecule has 1 aliphatic rings. The third kappa shape index (κ3) is 8.00. The van der Waals surface area contributed by atoms with Gasteiger partial charge >= 0.3 is 0 Å². The fourth-order valence-corrected chi connectivity index (χ4v) is 3.32. The molecule has 1 saturated heterocycles. The van der Waals surface area contributed by atoms with Crippen LogP contribution in [-0.2, 0) is 4.79 Å². The number of halogens is 1. The summed E-state index contributed by atoms with van der Waals surface area (Å²) >= 11 is 0. The summed E-state index contributed by atoms with van der Waals surface area (Å²) in [6.07, 6.45) is 2.65. The second kappa shape index (κ2) is 12.7. The van der Waals surface area contributed by atoms with Crippen LogP contribution in [0.1, 0.15) is 47.0 Å². The van der Waals surface area contributed by atoms with Gasteiger partial charge in [-0.1, -0.05) is 13.8 Å². The number of piperidine rings is 1. The number of nitrogens with zero attached hydrogens (tertiary/aromatic N) is 3. The SMILES string of the molecule is CCNC(=NCC(C)N(CC)CC)N1CCCC(CC(N)=O)C1.I. The lowest BCUT2D eigenvalue weighted by molar-refractivity contribution is -0.119. The highest BCUT2D eigenvalue weighted by Crippen LogP contribution is 2.19. The van der Waals surface area contributed by atoms with Gasteiger partial charge in [0.25, 0.3) is 0 Å². The first-order chi connectivity index (χ1) is 11.0. The molecular weight excluding hydrogens is 417 g/mol. The van der Waals surface area contributed by atoms with Gasteiger partial charge in [-0.05, 0) is 45.7 Å². The van der Waals surface area contributed by atoms with E-state index in [1.165, 1.54) is 0 Å². The molecule has 0 radical (unpaired) electrons. The molecule has 0 spiro atoms. The van der Waals surface area contributed by atoms with Gasteiger partial charge in [0.05, 0.1) is 6.54 Å². The van der Waals surface area contributed by atoms with Gasteiger partial charge in [0.15, 0.2) is 5.96 Å². The Morgan fingerprint density at radius 3 is 2.58 bits per heavy atom. The number of primary amides is 1. The maximum Gasteiger partial charge on any atom is 0.217 e. The van der Waals surface area contributed by atoms with Crippen LogP contribution in [0.15, 0.2) is 4.99 Å². The molecule has 6 nitrogen and oxygen atoms in total. The average molecular weight is 453 g/mol. The number of guanidine groups is 1. The number of likely N-dealkylation sites (N-methyl/N-ethyl adjacent to an activating group) is 1. The van der Waals surface area contributed by atoms with E-state index in [9.17, 15) is 4.79 Å². The van der Waals surface area contributed by atoms with Crippen molar-refractivity contribution >= 4 is 35.8 Å². The van der Waals surface area contributed by atoms with Crippen molar-refractivity contribution in [2.75, 3.05) is 39.3 Å². The molecule has 1 rings (SSSR count). The van der Waals surface area contributed by atoms with E-state index in [2.05, 4.69) is 42.8 Å². The number of carbonyl (C=O) groups is 1. The normalized spacial score (nSPS) is 19.8. The van der Waals surface area contributed by atoms with E-state index in [1.54, 1.807) is 0 Å². The second-order valence-corrected chi connectivity index (χ2v) is 6.39. The summed E-state index contributed by atoms with van der Waals surface area (Å²) in [7, 11) is 0. The maximum atomic E-state index is 11.2. The molecule has 1 aliphatic heterocycles. The predicted octanol–water partition coefficient (Wildman–Crippen LogP) is 1.89. The number of aliphatic imine (C=N–C) groups is 1. The van der Waals surface area contributed by atoms with Gasteiger partial charge in [0.1, 0.15) is 0 Å². The third-order valence-corrected chi connectivity index (χ3v) is 4.58. The van der Waals surface area contributed by atoms with Gasteiger partial charge in [-0.2, -0.15) is 0 Å². The van der Waals surface area contributed by atoms with Crippen molar-refractivity contribution in [3.05, 3.63) is 0 Å². The molecule has 1 heterocycles. The first-order valence-electron chi connectivity index (χ1n) is 9.07. The smallest absolute Gasteiger partial charge is 0.217 e. The number of amides is 1. The quantitative estimate of drug-likeness (QED) is 0.335. The predicted molar refractivity (Wildman–Crippen MR) is 112 cm³/mol. The van der Waals surface area contributed by atoms with E-state index in [0.29, 0.717) is 18.4 Å². The summed E-state index contributed by atoms with van der Waals surface area (Å²) < 4.78 is 0. The molecule has 0 aromatic carbocycles. The number of rotatable bonds is 8. The highest BCUT2D eigenvalue weighted by Gasteiger charge is 2.23. The van der Waals surface area contributed by atoms with E-state index in [-0.39, 0.29) is 29.9 Å². The van der Waals surface area contributed by atoms with Crippen molar-refractivity contribution in [1.82, 2.24) is 15.1 Å². The highest BCUT2D eigenvalue weighted by atomic mass is 127. The van der Waals surface area contributed by atoms with Crippen LogP contribution < -0.4 is 11.1 Å². The van der Waals surface area contributed by atoms with E-state index < -0.39 is 0 Å². The van der Waals surface area contributed by atoms with Gasteiger partial charge < -0.3 is 16.0 Å². The van der Waals surface area contributed by atoms with E-state index in [0.717, 1.165) is 58.1 Å². The average Bonchev–Trinajstić information content (AvgIpc) is 2.52. The van der Waals surface area contributed by atoms with Gasteiger partial charge in [0.2, 0.25) is 5.91 Å². The zero-order valence-corrected chi connectivity index (χ0v) is 18.1. The lowest BCUT2D eigenvalue weighted by Crippen LogP contribution is -2.47. The van der Waals surface area contributed by atoms with Crippen LogP contribution in [-0.4, -0.2) is 67.0 Å². The van der Waals surface area contributed by atoms with Crippen molar-refractivity contribution in [3.63, 3.8) is 0 Å². The Hall–Kier alpha value is -0.570. The van der Waals surface area contributed by atoms with Crippen molar-refractivity contribution < 1.29 is 4.79 Å². The van der Waals surface area contributed by atoms with Gasteiger partial charge in [-0.3, -0.25) is 14.7 Å². The van der Waals surface area contributed by atoms with E-state index in [1.807, 2.05) is 0 Å². The Balaban J connectivity index is 0.00000529. The molecule has 2 atom stereocenters. The fraction of sp³-hybridized carbons (Fsp3) is 0.882. The second-order valence-electron chi connectivity index (χ2n) is 6.39. The van der Waals surface area contributed by atoms with Crippen LogP contribution in [0.2, 0.25) is 0 Å². The van der Waals surface area contributed by atoms with Crippen LogP contribution in [0.3, 0.4) is 0 Å². The monoisotopic (exact) mass is 453 g/mol. The Morgan fingerprint density at radius 2 is 2.04 bits per heavy atom. The van der Waals surface area contributed by atoms with Crippen molar-refractivity contribution in [3.8, 4) is 0 Å². The van der Waals surface area contributed by atoms with E-state index >= 15 is 0 Å². The molecule has 1 fully saturated rings. The standard InChI is InChI=1S/C17H35N5O.HI/c1-5-19-17(20-12-14(4)21(6-2)7-3)22-10-8-9-15(13-22)11-16(18)23;/h14-15H,5-13H2,1-4H3,(H2,18,23)(H,19,20);1H. The number of likely N-dealkylation sites (tertiary alicyclic amines) is 1. The van der Waals surface area contributed by atoms with Crippen molar-refractivity contribution in [2.24, 2.45) is 16.6 Å². The summed E-state index contributed by atoms with van der Waals surface area (Å²) in [6, 6.07) is 0.435. The molecule has 0 aromatic heterocycles. The minimum absolute atomic E-state index is 0. The molecule has 0 bridgehead atoms. The Kier molecular flexibility index (Phi) is 12.4. The molecule has 3 N–H and O–H groups in total. The maximum absolute atomic E-state index is 11.2. The minimum Gasteiger partial charge on any atom is -0.370 e. The van der Waals surface area contributed by atoms with Crippen LogP contribution >= 0.6 is 24.0 Å². The molecule has 1 amide bonds. The number of hydrogen-bond donors (Lipinski definition) is 2. The number of nitrogens with two attached hydrogens (primary N) is 1. The zero-order valence-electron chi connectivity index (χ0n) is 15.8. The van der Waals surface area contributed by atoms with Gasteiger partial charge in [0, 0.05) is 32.1 Å². The molecule has 0 aromatic rings. The minimum atomic E-state index is -0.200. The zero-order chi connectivity index (χ0) is 17.2. The first-order valence-corrected chi connectivity index (χ1v) is 9.07. The van der Waals surface area contributed by atoms with Crippen LogP contribution in [0.5, 0.6) is 0 Å². The van der Waals surface area contributed by atoms with Crippen molar-refractivity contribution in [2.45, 2.75) is 53.0 Å². The molecular formula is C17H36IN5O. The lowest BCUT2D eigenvalue weighted by Gasteiger charge is -2.35. The Morgan fingerprint density at radius 1 is 1.38 bits per heavy atom. The first kappa shape index (κ1) is 23.4. The van der Waals surface area contributed by atoms with Crippen LogP contribution in [0.25, 0.3) is 0 Å². The topological polar surface area (TPSA) is 74.0 Å². The molecule has 24 heavy (non-hydrogen) atoms. The summed E-state index contributed by atoms with van der Waals surface area (Å²) in [5, 5.41) is 3.40. The fourth-order valence-electron chi connectivity index (χ4n) is 3.32.